The Balaban J connectivity index is 1.48. The van der Waals surface area contributed by atoms with Gasteiger partial charge in [0.25, 0.3) is 0 Å². The van der Waals surface area contributed by atoms with Gasteiger partial charge in [0.1, 0.15) is 6.61 Å². The highest BCUT2D eigenvalue weighted by atomic mass is 32.2. The Kier molecular flexibility index (Phi) is 5.11. The van der Waals surface area contributed by atoms with Gasteiger partial charge in [-0.3, -0.25) is 0 Å². The van der Waals surface area contributed by atoms with Crippen molar-refractivity contribution in [2.24, 2.45) is 5.90 Å². The minimum Gasteiger partial charge on any atom is -0.445 e. The molecule has 2 bridgehead atoms. The van der Waals surface area contributed by atoms with Gasteiger partial charge in [-0.1, -0.05) is 30.3 Å². The molecule has 0 atom stereocenters. The van der Waals surface area contributed by atoms with Crippen LogP contribution in [0.4, 0.5) is 4.79 Å². The van der Waals surface area contributed by atoms with Crippen LogP contribution in [0.1, 0.15) is 44.1 Å². The summed E-state index contributed by atoms with van der Waals surface area (Å²) in [5, 5.41) is 3.10. The molecule has 0 spiro atoms. The number of ether oxygens (including phenoxy) is 1. The number of nitrogens with one attached hydrogen (secondary N) is 1. The smallest absolute Gasteiger partial charge is 0.407 e. The van der Waals surface area contributed by atoms with Gasteiger partial charge in [0, 0.05) is 22.3 Å². The van der Waals surface area contributed by atoms with E-state index in [-0.39, 0.29) is 16.4 Å². The second-order valence-electron chi connectivity index (χ2n) is 6.40. The molecule has 1 aromatic carbocycles. The van der Waals surface area contributed by atoms with Crippen LogP contribution in [0.2, 0.25) is 0 Å². The lowest BCUT2D eigenvalue weighted by Gasteiger charge is -2.51. The first kappa shape index (κ1) is 16.6. The van der Waals surface area contributed by atoms with Crippen molar-refractivity contribution >= 4 is 18.1 Å². The zero-order chi connectivity index (χ0) is 16.2. The average Bonchev–Trinajstić information content (AvgIpc) is 2.61. The van der Waals surface area contributed by atoms with Crippen LogP contribution in [0.15, 0.2) is 30.3 Å². The monoisotopic (exact) mass is 338 g/mol. The fourth-order valence-corrected chi connectivity index (χ4v) is 4.27. The van der Waals surface area contributed by atoms with Crippen LogP contribution in [-0.2, 0) is 20.7 Å². The lowest BCUT2D eigenvalue weighted by Crippen LogP contribution is -2.58. The van der Waals surface area contributed by atoms with E-state index in [9.17, 15) is 4.79 Å². The van der Waals surface area contributed by atoms with E-state index in [0.717, 1.165) is 44.1 Å². The summed E-state index contributed by atoms with van der Waals surface area (Å²) in [6.45, 7) is 0.296. The molecule has 1 amide bonds. The van der Waals surface area contributed by atoms with Crippen molar-refractivity contribution in [1.29, 1.82) is 0 Å². The van der Waals surface area contributed by atoms with Crippen molar-refractivity contribution in [3.63, 3.8) is 0 Å². The molecule has 7 heteroatoms. The lowest BCUT2D eigenvalue weighted by atomic mass is 9.65. The van der Waals surface area contributed by atoms with Gasteiger partial charge >= 0.3 is 6.09 Å². The molecule has 0 unspecified atom stereocenters. The molecule has 3 saturated carbocycles. The van der Waals surface area contributed by atoms with Crippen molar-refractivity contribution in [3.8, 4) is 0 Å². The third-order valence-corrected chi connectivity index (χ3v) is 6.12. The number of hydrogen-bond acceptors (Lipinski definition) is 6. The predicted molar refractivity (Wildman–Crippen MR) is 86.9 cm³/mol. The standard InChI is InChI=1S/C16H22N2O4S/c17-21-22-23-16-9-6-15(7-10-16,8-11-16)18-14(19)20-12-13-4-2-1-3-5-13/h1-5H,6-12,17H2,(H,18,19). The molecule has 0 saturated heterocycles. The molecule has 1 aromatic rings. The van der Waals surface area contributed by atoms with Gasteiger partial charge in [0.05, 0.1) is 0 Å². The first-order chi connectivity index (χ1) is 11.2. The SMILES string of the molecule is NOOSC12CCC(NC(=O)OCc3ccccc3)(CC1)CC2. The van der Waals surface area contributed by atoms with Gasteiger partial charge in [-0.15, -0.1) is 9.32 Å². The number of alkyl carbamates (subject to hydrolysis) is 1. The normalized spacial score (nSPS) is 29.3. The Labute approximate surface area is 140 Å². The molecule has 3 fully saturated rings. The van der Waals surface area contributed by atoms with Crippen LogP contribution < -0.4 is 11.2 Å². The van der Waals surface area contributed by atoms with E-state index >= 15 is 0 Å². The summed E-state index contributed by atoms with van der Waals surface area (Å²) in [6.07, 6.45) is 5.36. The highest BCUT2D eigenvalue weighted by molar-refractivity contribution is 7.96. The Morgan fingerprint density at radius 2 is 1.78 bits per heavy atom. The van der Waals surface area contributed by atoms with Gasteiger partial charge < -0.3 is 10.1 Å². The van der Waals surface area contributed by atoms with Crippen LogP contribution in [0.3, 0.4) is 0 Å². The summed E-state index contributed by atoms with van der Waals surface area (Å²) in [5.41, 5.74) is 0.849. The molecule has 126 valence electrons. The van der Waals surface area contributed by atoms with E-state index in [2.05, 4.69) is 10.3 Å². The number of nitrogens with two attached hydrogens (primary N) is 1. The molecular weight excluding hydrogens is 316 g/mol. The topological polar surface area (TPSA) is 82.8 Å². The van der Waals surface area contributed by atoms with E-state index in [1.165, 1.54) is 12.0 Å². The van der Waals surface area contributed by atoms with Crippen LogP contribution in [0, 0.1) is 0 Å². The molecule has 0 heterocycles. The molecule has 0 radical (unpaired) electrons. The van der Waals surface area contributed by atoms with Crippen molar-refractivity contribution in [2.75, 3.05) is 0 Å². The lowest BCUT2D eigenvalue weighted by molar-refractivity contribution is -0.197. The summed E-state index contributed by atoms with van der Waals surface area (Å²) in [4.78, 5) is 16.3. The second-order valence-corrected chi connectivity index (χ2v) is 7.57. The number of benzene rings is 1. The third kappa shape index (κ3) is 3.98. The fraction of sp³-hybridized carbons (Fsp3) is 0.562. The molecule has 3 aliphatic rings. The predicted octanol–water partition coefficient (Wildman–Crippen LogP) is 3.23. The molecule has 3 aliphatic carbocycles. The maximum Gasteiger partial charge on any atom is 0.407 e. The van der Waals surface area contributed by atoms with E-state index in [1.54, 1.807) is 0 Å². The molecule has 0 aromatic heterocycles. The third-order valence-electron chi connectivity index (χ3n) is 5.01. The molecule has 23 heavy (non-hydrogen) atoms. The highest BCUT2D eigenvalue weighted by Crippen LogP contribution is 2.53. The Bertz CT molecular complexity index is 516. The number of carbonyl (C=O) groups is 1. The van der Waals surface area contributed by atoms with Gasteiger partial charge in [0.2, 0.25) is 0 Å². The molecule has 0 aliphatic heterocycles. The largest absolute Gasteiger partial charge is 0.445 e. The van der Waals surface area contributed by atoms with E-state index in [0.29, 0.717) is 6.61 Å². The summed E-state index contributed by atoms with van der Waals surface area (Å²) in [7, 11) is 0. The Morgan fingerprint density at radius 3 is 2.39 bits per heavy atom. The summed E-state index contributed by atoms with van der Waals surface area (Å²) in [6, 6.07) is 9.69. The first-order valence-electron chi connectivity index (χ1n) is 7.86. The Hall–Kier alpha value is -1.28. The first-order valence-corrected chi connectivity index (χ1v) is 8.60. The van der Waals surface area contributed by atoms with Crippen LogP contribution in [0.5, 0.6) is 0 Å². The summed E-state index contributed by atoms with van der Waals surface area (Å²) in [5.74, 6) is 4.93. The van der Waals surface area contributed by atoms with Gasteiger partial charge in [-0.25, -0.2) is 4.79 Å². The molecule has 6 nitrogen and oxygen atoms in total. The minimum absolute atomic E-state index is 0.0662. The number of rotatable bonds is 6. The molecule has 4 rings (SSSR count). The van der Waals surface area contributed by atoms with Crippen LogP contribution in [-0.4, -0.2) is 16.4 Å². The van der Waals surface area contributed by atoms with Gasteiger partial charge in [-0.2, -0.15) is 5.90 Å². The zero-order valence-corrected chi connectivity index (χ0v) is 13.8. The fourth-order valence-electron chi connectivity index (χ4n) is 3.53. The maximum absolute atomic E-state index is 12.1. The summed E-state index contributed by atoms with van der Waals surface area (Å²) >= 11 is 1.32. The summed E-state index contributed by atoms with van der Waals surface area (Å²) < 4.78 is 10.3. The van der Waals surface area contributed by atoms with Gasteiger partial charge in [-0.05, 0) is 44.1 Å². The Morgan fingerprint density at radius 1 is 1.13 bits per heavy atom. The molecular formula is C16H22N2O4S. The van der Waals surface area contributed by atoms with E-state index < -0.39 is 0 Å². The number of hydrogen-bond donors (Lipinski definition) is 2. The van der Waals surface area contributed by atoms with Crippen LogP contribution in [0.25, 0.3) is 0 Å². The van der Waals surface area contributed by atoms with Crippen molar-refractivity contribution in [1.82, 2.24) is 5.32 Å². The number of carbonyl (C=O) groups excluding carboxylic acids is 1. The quantitative estimate of drug-likeness (QED) is 0.471. The van der Waals surface area contributed by atoms with Crippen LogP contribution >= 0.6 is 12.0 Å². The van der Waals surface area contributed by atoms with Crippen molar-refractivity contribution in [2.45, 2.75) is 55.4 Å². The highest BCUT2D eigenvalue weighted by Gasteiger charge is 2.50. The number of amides is 1. The zero-order valence-electron chi connectivity index (χ0n) is 13.0. The molecule has 3 N–H and O–H groups in total. The second kappa shape index (κ2) is 7.09. The number of fused-ring (bicyclic) bond motifs is 3. The van der Waals surface area contributed by atoms with Crippen molar-refractivity contribution < 1.29 is 18.9 Å². The van der Waals surface area contributed by atoms with Gasteiger partial charge in [0.15, 0.2) is 0 Å². The average molecular weight is 338 g/mol. The van der Waals surface area contributed by atoms with E-state index in [4.69, 9.17) is 15.0 Å². The van der Waals surface area contributed by atoms with Crippen molar-refractivity contribution in [3.05, 3.63) is 35.9 Å². The van der Waals surface area contributed by atoms with E-state index in [1.807, 2.05) is 30.3 Å². The minimum atomic E-state index is -0.336. The maximum atomic E-state index is 12.1.